The molecule has 0 aliphatic carbocycles. The molecule has 0 aliphatic heterocycles. The van der Waals surface area contributed by atoms with Crippen molar-refractivity contribution in [1.82, 2.24) is 15.2 Å². The highest BCUT2D eigenvalue weighted by Crippen LogP contribution is 2.00. The topological polar surface area (TPSA) is 154 Å². The van der Waals surface area contributed by atoms with Gasteiger partial charge in [0.1, 0.15) is 5.82 Å². The highest BCUT2D eigenvalue weighted by atomic mass is 16.9. The minimum Gasteiger partial charge on any atom is -0.328 e. The van der Waals surface area contributed by atoms with Gasteiger partial charge in [-0.1, -0.05) is 0 Å². The van der Waals surface area contributed by atoms with Crippen LogP contribution in [0.1, 0.15) is 5.82 Å². The Morgan fingerprint density at radius 3 is 2.69 bits per heavy atom. The Morgan fingerprint density at radius 1 is 1.85 bits per heavy atom. The first-order valence-electron chi connectivity index (χ1n) is 2.83. The molecular formula is C3H5N7O3. The number of aryl methyl sites for hydroxylation is 1. The maximum Gasteiger partial charge on any atom is 0.291 e. The Kier molecular flexibility index (Phi) is 4.36. The fourth-order valence-electron chi connectivity index (χ4n) is 0.421. The summed E-state index contributed by atoms with van der Waals surface area (Å²) in [5, 5.41) is 22.9. The molecule has 10 nitrogen and oxygen atoms in total. The molecule has 0 atom stereocenters. The van der Waals surface area contributed by atoms with Crippen LogP contribution in [0.15, 0.2) is 5.11 Å². The van der Waals surface area contributed by atoms with Gasteiger partial charge >= 0.3 is 0 Å². The number of hydrogen-bond acceptors (Lipinski definition) is 5. The summed E-state index contributed by atoms with van der Waals surface area (Å²) in [7, 11) is 0. The molecule has 2 N–H and O–H groups in total. The first-order valence-corrected chi connectivity index (χ1v) is 2.83. The van der Waals surface area contributed by atoms with Crippen LogP contribution in [0, 0.1) is 17.0 Å². The van der Waals surface area contributed by atoms with Crippen molar-refractivity contribution in [3.63, 3.8) is 0 Å². The third-order valence-electron chi connectivity index (χ3n) is 0.725. The molecule has 1 aromatic heterocycles. The minimum absolute atomic E-state index is 0.204. The monoisotopic (exact) mass is 187 g/mol. The lowest BCUT2D eigenvalue weighted by Gasteiger charge is -1.70. The number of nitrogens with zero attached hydrogens (tertiary/aromatic N) is 6. The second-order valence-electron chi connectivity index (χ2n) is 1.63. The van der Waals surface area contributed by atoms with Crippen LogP contribution >= 0.6 is 0 Å². The van der Waals surface area contributed by atoms with E-state index in [2.05, 4.69) is 25.2 Å². The molecule has 0 radical (unpaired) electrons. The third-order valence-corrected chi connectivity index (χ3v) is 0.725. The van der Waals surface area contributed by atoms with Gasteiger partial charge in [0.05, 0.1) is 0 Å². The molecule has 1 aromatic rings. The van der Waals surface area contributed by atoms with E-state index < -0.39 is 5.09 Å². The number of aromatic amines is 1. The van der Waals surface area contributed by atoms with Crippen LogP contribution in [-0.2, 0) is 0 Å². The lowest BCUT2D eigenvalue weighted by atomic mass is 10.8. The number of azide groups is 1. The van der Waals surface area contributed by atoms with Crippen LogP contribution in [0.25, 0.3) is 10.4 Å². The zero-order chi connectivity index (χ0) is 10.3. The van der Waals surface area contributed by atoms with Gasteiger partial charge in [-0.3, -0.25) is 5.10 Å². The summed E-state index contributed by atoms with van der Waals surface area (Å²) < 4.78 is 0. The molecule has 10 heteroatoms. The van der Waals surface area contributed by atoms with Gasteiger partial charge in [0.25, 0.3) is 5.09 Å². The summed E-state index contributed by atoms with van der Waals surface area (Å²) in [6.45, 7) is 1.70. The van der Waals surface area contributed by atoms with Gasteiger partial charge in [-0.2, -0.15) is 5.10 Å². The minimum atomic E-state index is -1.50. The van der Waals surface area contributed by atoms with Crippen LogP contribution in [-0.4, -0.2) is 25.5 Å². The summed E-state index contributed by atoms with van der Waals surface area (Å²) in [5.74, 6) is 0.771. The van der Waals surface area contributed by atoms with E-state index in [9.17, 15) is 0 Å². The van der Waals surface area contributed by atoms with Crippen molar-refractivity contribution in [2.24, 2.45) is 5.11 Å². The average molecular weight is 187 g/mol. The summed E-state index contributed by atoms with van der Waals surface area (Å²) >= 11 is 0. The van der Waals surface area contributed by atoms with E-state index in [0.717, 1.165) is 0 Å². The van der Waals surface area contributed by atoms with Crippen molar-refractivity contribution in [2.75, 3.05) is 0 Å². The van der Waals surface area contributed by atoms with Gasteiger partial charge in [-0.25, -0.2) is 4.98 Å². The van der Waals surface area contributed by atoms with Gasteiger partial charge in [-0.05, 0) is 17.6 Å². The second-order valence-corrected chi connectivity index (χ2v) is 1.63. The van der Waals surface area contributed by atoms with Gasteiger partial charge < -0.3 is 5.21 Å². The van der Waals surface area contributed by atoms with E-state index in [4.69, 9.17) is 20.9 Å². The smallest absolute Gasteiger partial charge is 0.291 e. The molecule has 0 saturated carbocycles. The van der Waals surface area contributed by atoms with Crippen molar-refractivity contribution in [1.29, 1.82) is 0 Å². The SMILES string of the molecule is Cc1n[nH]c(N=[N+]=[N-])n1.O=[N+]([O-])O. The molecule has 13 heavy (non-hydrogen) atoms. The fourth-order valence-corrected chi connectivity index (χ4v) is 0.421. The van der Waals surface area contributed by atoms with Crippen LogP contribution in [0.4, 0.5) is 5.95 Å². The fraction of sp³-hybridized carbons (Fsp3) is 0.333. The highest BCUT2D eigenvalue weighted by molar-refractivity contribution is 5.10. The van der Waals surface area contributed by atoms with E-state index >= 15 is 0 Å². The van der Waals surface area contributed by atoms with E-state index in [1.807, 2.05) is 0 Å². The van der Waals surface area contributed by atoms with Gasteiger partial charge in [0.15, 0.2) is 0 Å². The number of nitrogens with one attached hydrogen (secondary N) is 1. The van der Waals surface area contributed by atoms with Gasteiger partial charge in [-0.15, -0.1) is 10.1 Å². The molecule has 0 amide bonds. The van der Waals surface area contributed by atoms with Crippen molar-refractivity contribution in [3.8, 4) is 0 Å². The molecular weight excluding hydrogens is 182 g/mol. The Hall–Kier alpha value is -2.35. The Bertz CT molecular complexity index is 321. The van der Waals surface area contributed by atoms with Crippen molar-refractivity contribution >= 4 is 5.95 Å². The first-order chi connectivity index (χ1) is 6.06. The maximum atomic E-state index is 8.36. The molecule has 0 aliphatic rings. The van der Waals surface area contributed by atoms with E-state index in [0.29, 0.717) is 5.82 Å². The van der Waals surface area contributed by atoms with Gasteiger partial charge in [0.2, 0.25) is 5.95 Å². The molecule has 0 aromatic carbocycles. The zero-order valence-electron chi connectivity index (χ0n) is 6.45. The quantitative estimate of drug-likeness (QED) is 0.218. The molecule has 0 fully saturated rings. The summed E-state index contributed by atoms with van der Waals surface area (Å²) in [5.41, 5.74) is 7.90. The van der Waals surface area contributed by atoms with Crippen LogP contribution < -0.4 is 0 Å². The highest BCUT2D eigenvalue weighted by Gasteiger charge is 1.91. The average Bonchev–Trinajstić information content (AvgIpc) is 2.35. The summed E-state index contributed by atoms with van der Waals surface area (Å²) in [4.78, 5) is 14.6. The molecule has 1 heterocycles. The Morgan fingerprint density at radius 2 is 2.38 bits per heavy atom. The van der Waals surface area contributed by atoms with Crippen LogP contribution in [0.5, 0.6) is 0 Å². The van der Waals surface area contributed by atoms with E-state index in [-0.39, 0.29) is 5.95 Å². The van der Waals surface area contributed by atoms with Crippen LogP contribution in [0.3, 0.4) is 0 Å². The first kappa shape index (κ1) is 10.7. The molecule has 0 unspecified atom stereocenters. The van der Waals surface area contributed by atoms with Crippen molar-refractivity contribution in [2.45, 2.75) is 6.92 Å². The molecule has 0 spiro atoms. The lowest BCUT2D eigenvalue weighted by molar-refractivity contribution is -0.742. The molecule has 70 valence electrons. The van der Waals surface area contributed by atoms with Crippen molar-refractivity contribution in [3.05, 3.63) is 26.4 Å². The largest absolute Gasteiger partial charge is 0.328 e. The lowest BCUT2D eigenvalue weighted by Crippen LogP contribution is -1.81. The maximum absolute atomic E-state index is 8.36. The predicted molar refractivity (Wildman–Crippen MR) is 38.7 cm³/mol. The molecule has 1 rings (SSSR count). The van der Waals surface area contributed by atoms with Crippen LogP contribution in [0.2, 0.25) is 0 Å². The Balaban J connectivity index is 0.000000310. The predicted octanol–water partition coefficient (Wildman–Crippen LogP) is 0.707. The number of rotatable bonds is 1. The Labute approximate surface area is 71.0 Å². The van der Waals surface area contributed by atoms with Gasteiger partial charge in [0, 0.05) is 4.91 Å². The van der Waals surface area contributed by atoms with E-state index in [1.165, 1.54) is 0 Å². The molecule has 0 saturated heterocycles. The number of aromatic nitrogens is 3. The molecule has 0 bridgehead atoms. The normalized spacial score (nSPS) is 7.77. The number of hydrogen-bond donors (Lipinski definition) is 2. The van der Waals surface area contributed by atoms with E-state index in [1.54, 1.807) is 6.92 Å². The third kappa shape index (κ3) is 6.06. The standard InChI is InChI=1S/C3H4N6.HNO3/c1-2-5-3(7-6-2)8-9-4;2-1(3)4/h1H3,(H,5,6,7);(H,2,3,4). The second kappa shape index (κ2) is 5.32. The zero-order valence-corrected chi connectivity index (χ0v) is 6.45. The number of H-pyrrole nitrogens is 1. The summed E-state index contributed by atoms with van der Waals surface area (Å²) in [6, 6.07) is 0. The summed E-state index contributed by atoms with van der Waals surface area (Å²) in [6.07, 6.45) is 0. The van der Waals surface area contributed by atoms with Crippen molar-refractivity contribution < 1.29 is 10.3 Å².